The largest absolute Gasteiger partial charge is 0.350 e. The van der Waals surface area contributed by atoms with E-state index in [-0.39, 0.29) is 29.4 Å². The fourth-order valence-corrected chi connectivity index (χ4v) is 3.86. The zero-order chi connectivity index (χ0) is 22.8. The average molecular weight is 460 g/mol. The van der Waals surface area contributed by atoms with E-state index in [0.29, 0.717) is 16.3 Å². The number of nitrogens with zero attached hydrogens (tertiary/aromatic N) is 2. The van der Waals surface area contributed by atoms with E-state index in [4.69, 9.17) is 0 Å². The summed E-state index contributed by atoms with van der Waals surface area (Å²) >= 11 is 1.26. The quantitative estimate of drug-likeness (QED) is 0.462. The van der Waals surface area contributed by atoms with Crippen molar-refractivity contribution in [1.29, 1.82) is 0 Å². The highest BCUT2D eigenvalue weighted by molar-refractivity contribution is 7.07. The molecule has 2 heterocycles. The van der Waals surface area contributed by atoms with Crippen molar-refractivity contribution in [1.82, 2.24) is 19.9 Å². The second-order valence-corrected chi connectivity index (χ2v) is 7.67. The number of halogens is 3. The van der Waals surface area contributed by atoms with Gasteiger partial charge in [-0.15, -0.1) is 11.3 Å². The molecule has 4 rings (SSSR count). The number of carbonyl (C=O) groups excluding carboxylic acids is 1. The van der Waals surface area contributed by atoms with Gasteiger partial charge < -0.3 is 10.3 Å². The lowest BCUT2D eigenvalue weighted by Gasteiger charge is -2.18. The maximum Gasteiger partial charge on any atom is 0.329 e. The molecule has 2 aromatic heterocycles. The molecule has 0 radical (unpaired) electrons. The van der Waals surface area contributed by atoms with Crippen LogP contribution in [0.3, 0.4) is 0 Å². The van der Waals surface area contributed by atoms with Crippen molar-refractivity contribution in [2.75, 3.05) is 0 Å². The molecular weight excluding hydrogens is 445 g/mol. The Morgan fingerprint density at radius 3 is 2.59 bits per heavy atom. The maximum atomic E-state index is 13.9. The predicted octanol–water partition coefficient (Wildman–Crippen LogP) is 2.66. The minimum Gasteiger partial charge on any atom is -0.350 e. The van der Waals surface area contributed by atoms with Crippen LogP contribution in [-0.2, 0) is 17.8 Å². The van der Waals surface area contributed by atoms with Gasteiger partial charge in [0.1, 0.15) is 23.5 Å². The van der Waals surface area contributed by atoms with E-state index >= 15 is 0 Å². The lowest BCUT2D eigenvalue weighted by Crippen LogP contribution is -2.45. The van der Waals surface area contributed by atoms with E-state index in [1.54, 1.807) is 5.38 Å². The summed E-state index contributed by atoms with van der Waals surface area (Å²) in [7, 11) is 0. The van der Waals surface area contributed by atoms with E-state index in [2.05, 4.69) is 15.3 Å². The Morgan fingerprint density at radius 1 is 1.12 bits per heavy atom. The molecule has 1 unspecified atom stereocenters. The second-order valence-electron chi connectivity index (χ2n) is 6.95. The van der Waals surface area contributed by atoms with Gasteiger partial charge in [0.15, 0.2) is 0 Å². The molecule has 2 N–H and O–H groups in total. The Hall–Kier alpha value is -3.73. The standard InChI is InChI=1S/C21H15F3N4O3S/c22-12-3-4-17-15(5-12)20(30)28(21(31)27-17)18(7-14-9-32-10-26-14)19(29)25-8-11-1-2-13(23)6-16(11)24/h1-6,9-10,18H,7-8H2,(H,25,29)(H,27,31). The smallest absolute Gasteiger partial charge is 0.329 e. The Balaban J connectivity index is 1.73. The van der Waals surface area contributed by atoms with E-state index < -0.39 is 40.6 Å². The minimum atomic E-state index is -1.34. The van der Waals surface area contributed by atoms with Crippen molar-refractivity contribution in [2.45, 2.75) is 19.0 Å². The Kier molecular flexibility index (Phi) is 5.91. The SMILES string of the molecule is O=C(NCc1ccc(F)cc1F)C(Cc1cscn1)n1c(=O)[nH]c2ccc(F)cc2c1=O. The summed E-state index contributed by atoms with van der Waals surface area (Å²) < 4.78 is 41.4. The number of benzene rings is 2. The number of hydrogen-bond donors (Lipinski definition) is 2. The van der Waals surface area contributed by atoms with E-state index in [1.807, 2.05) is 0 Å². The lowest BCUT2D eigenvalue weighted by atomic mass is 10.1. The molecule has 164 valence electrons. The van der Waals surface area contributed by atoms with Gasteiger partial charge in [-0.05, 0) is 24.3 Å². The van der Waals surface area contributed by atoms with Crippen LogP contribution in [0.4, 0.5) is 13.2 Å². The third-order valence-electron chi connectivity index (χ3n) is 4.86. The zero-order valence-electron chi connectivity index (χ0n) is 16.3. The molecule has 0 aliphatic rings. The molecule has 1 atom stereocenters. The van der Waals surface area contributed by atoms with Crippen LogP contribution in [0.15, 0.2) is 56.9 Å². The topological polar surface area (TPSA) is 96.8 Å². The monoisotopic (exact) mass is 460 g/mol. The molecule has 0 saturated heterocycles. The molecule has 0 spiro atoms. The van der Waals surface area contributed by atoms with Gasteiger partial charge in [-0.1, -0.05) is 6.07 Å². The Morgan fingerprint density at radius 2 is 1.88 bits per heavy atom. The number of H-pyrrole nitrogens is 1. The summed E-state index contributed by atoms with van der Waals surface area (Å²) in [6.07, 6.45) is -0.106. The average Bonchev–Trinajstić information content (AvgIpc) is 3.26. The summed E-state index contributed by atoms with van der Waals surface area (Å²) in [5.41, 5.74) is 0.409. The van der Waals surface area contributed by atoms with Crippen molar-refractivity contribution < 1.29 is 18.0 Å². The number of amides is 1. The van der Waals surface area contributed by atoms with Crippen LogP contribution in [0, 0.1) is 17.5 Å². The van der Waals surface area contributed by atoms with Crippen LogP contribution in [0.1, 0.15) is 17.3 Å². The number of nitrogens with one attached hydrogen (secondary N) is 2. The van der Waals surface area contributed by atoms with Gasteiger partial charge in [0.2, 0.25) is 5.91 Å². The van der Waals surface area contributed by atoms with Crippen LogP contribution in [-0.4, -0.2) is 20.4 Å². The fourth-order valence-electron chi connectivity index (χ4n) is 3.29. The van der Waals surface area contributed by atoms with Crippen molar-refractivity contribution in [2.24, 2.45) is 0 Å². The third kappa shape index (κ3) is 4.33. The predicted molar refractivity (Wildman–Crippen MR) is 112 cm³/mol. The fraction of sp³-hybridized carbons (Fsp3) is 0.143. The normalized spacial score (nSPS) is 12.1. The van der Waals surface area contributed by atoms with Crippen LogP contribution in [0.2, 0.25) is 0 Å². The van der Waals surface area contributed by atoms with E-state index in [1.165, 1.54) is 29.0 Å². The molecule has 0 aliphatic heterocycles. The van der Waals surface area contributed by atoms with E-state index in [9.17, 15) is 27.6 Å². The first kappa shape index (κ1) is 21.5. The number of fused-ring (bicyclic) bond motifs is 1. The highest BCUT2D eigenvalue weighted by atomic mass is 32.1. The van der Waals surface area contributed by atoms with E-state index in [0.717, 1.165) is 18.2 Å². The number of carbonyl (C=O) groups is 1. The van der Waals surface area contributed by atoms with Crippen molar-refractivity contribution >= 4 is 28.1 Å². The number of hydrogen-bond acceptors (Lipinski definition) is 5. The molecule has 11 heteroatoms. The molecule has 32 heavy (non-hydrogen) atoms. The summed E-state index contributed by atoms with van der Waals surface area (Å²) in [4.78, 5) is 45.3. The zero-order valence-corrected chi connectivity index (χ0v) is 17.1. The number of rotatable bonds is 6. The minimum absolute atomic E-state index is 0.0222. The number of aromatic amines is 1. The summed E-state index contributed by atoms with van der Waals surface area (Å²) in [5, 5.41) is 4.02. The molecule has 0 saturated carbocycles. The second kappa shape index (κ2) is 8.79. The highest BCUT2D eigenvalue weighted by Gasteiger charge is 2.26. The summed E-state index contributed by atoms with van der Waals surface area (Å²) in [6, 6.07) is 4.88. The van der Waals surface area contributed by atoms with Crippen LogP contribution in [0.5, 0.6) is 0 Å². The molecule has 0 aliphatic carbocycles. The van der Waals surface area contributed by atoms with Crippen molar-refractivity contribution in [3.05, 3.63) is 96.8 Å². The van der Waals surface area contributed by atoms with Gasteiger partial charge in [-0.3, -0.25) is 9.59 Å². The first-order valence-corrected chi connectivity index (χ1v) is 10.3. The van der Waals surface area contributed by atoms with Gasteiger partial charge in [-0.25, -0.2) is 27.5 Å². The molecule has 0 fully saturated rings. The maximum absolute atomic E-state index is 13.9. The molecule has 0 bridgehead atoms. The van der Waals surface area contributed by atoms with Crippen molar-refractivity contribution in [3.63, 3.8) is 0 Å². The van der Waals surface area contributed by atoms with Gasteiger partial charge >= 0.3 is 5.69 Å². The van der Waals surface area contributed by atoms with Crippen LogP contribution in [0.25, 0.3) is 10.9 Å². The third-order valence-corrected chi connectivity index (χ3v) is 5.49. The molecule has 1 amide bonds. The van der Waals surface area contributed by atoms with Crippen LogP contribution >= 0.6 is 11.3 Å². The first-order chi connectivity index (χ1) is 15.3. The molecule has 7 nitrogen and oxygen atoms in total. The molecule has 2 aromatic carbocycles. The van der Waals surface area contributed by atoms with Gasteiger partial charge in [0.25, 0.3) is 5.56 Å². The Labute approximate surface area is 182 Å². The van der Waals surface area contributed by atoms with Gasteiger partial charge in [-0.2, -0.15) is 0 Å². The summed E-state index contributed by atoms with van der Waals surface area (Å²) in [6.45, 7) is -0.298. The van der Waals surface area contributed by atoms with Crippen LogP contribution < -0.4 is 16.6 Å². The Bertz CT molecular complexity index is 1420. The molecule has 4 aromatic rings. The lowest BCUT2D eigenvalue weighted by molar-refractivity contribution is -0.124. The van der Waals surface area contributed by atoms with Crippen molar-refractivity contribution in [3.8, 4) is 0 Å². The number of thiazole rings is 1. The van der Waals surface area contributed by atoms with Gasteiger partial charge in [0.05, 0.1) is 22.1 Å². The number of aromatic nitrogens is 3. The highest BCUT2D eigenvalue weighted by Crippen LogP contribution is 2.16. The first-order valence-electron chi connectivity index (χ1n) is 9.36. The summed E-state index contributed by atoms with van der Waals surface area (Å²) in [5.74, 6) is -3.05. The van der Waals surface area contributed by atoms with Gasteiger partial charge in [0, 0.05) is 30.0 Å². The molecular formula is C21H15F3N4O3S.